The molecule has 0 spiro atoms. The number of nitrogens with zero attached hydrogens (tertiary/aromatic N) is 1. The van der Waals surface area contributed by atoms with Gasteiger partial charge < -0.3 is 20.3 Å². The largest absolute Gasteiger partial charge is 0.465 e. The number of likely N-dealkylation sites (N-methyl/N-ethyl adjacent to an activating group) is 1. The maximum absolute atomic E-state index is 13.4. The first-order valence-electron chi connectivity index (χ1n) is 10.9. The highest BCUT2D eigenvalue weighted by molar-refractivity contribution is 7.17. The number of para-hydroxylation sites is 2. The number of fused-ring (bicyclic) bond motifs is 2. The van der Waals surface area contributed by atoms with Crippen LogP contribution in [0.25, 0.3) is 0 Å². The first-order chi connectivity index (χ1) is 15.4. The molecule has 168 valence electrons. The molecule has 7 nitrogen and oxygen atoms in total. The van der Waals surface area contributed by atoms with Crippen LogP contribution >= 0.6 is 11.3 Å². The van der Waals surface area contributed by atoms with Crippen LogP contribution in [-0.4, -0.2) is 36.4 Å². The van der Waals surface area contributed by atoms with E-state index in [4.69, 9.17) is 4.74 Å². The molecule has 2 N–H and O–H groups in total. The minimum Gasteiger partial charge on any atom is -0.465 e. The first-order valence-corrected chi connectivity index (χ1v) is 11.7. The topological polar surface area (TPSA) is 87.7 Å². The number of nitrogens with one attached hydrogen (secondary N) is 2. The first kappa shape index (κ1) is 22.1. The van der Waals surface area contributed by atoms with E-state index in [9.17, 15) is 14.4 Å². The highest BCUT2D eigenvalue weighted by Crippen LogP contribution is 2.41. The molecule has 3 amide bonds. The van der Waals surface area contributed by atoms with Gasteiger partial charge >= 0.3 is 0 Å². The number of aryl methyl sites for hydroxylation is 1. The third-order valence-electron chi connectivity index (χ3n) is 5.91. The van der Waals surface area contributed by atoms with E-state index in [1.54, 1.807) is 29.2 Å². The molecule has 2 aromatic rings. The van der Waals surface area contributed by atoms with Crippen LogP contribution in [0.2, 0.25) is 0 Å². The normalized spacial score (nSPS) is 19.4. The van der Waals surface area contributed by atoms with Crippen molar-refractivity contribution >= 4 is 39.7 Å². The van der Waals surface area contributed by atoms with E-state index in [0.29, 0.717) is 35.1 Å². The molecule has 0 fully saturated rings. The number of anilines is 2. The minimum atomic E-state index is -1.75. The van der Waals surface area contributed by atoms with Crippen molar-refractivity contribution < 1.29 is 19.1 Å². The molecule has 0 bridgehead atoms. The van der Waals surface area contributed by atoms with Gasteiger partial charge in [0.2, 0.25) is 0 Å². The Bertz CT molecular complexity index is 1090. The van der Waals surface area contributed by atoms with Crippen molar-refractivity contribution in [1.29, 1.82) is 0 Å². The number of hydrogen-bond acceptors (Lipinski definition) is 5. The summed E-state index contributed by atoms with van der Waals surface area (Å²) in [7, 11) is 0. The Morgan fingerprint density at radius 3 is 2.78 bits per heavy atom. The van der Waals surface area contributed by atoms with Crippen molar-refractivity contribution in [3.8, 4) is 5.75 Å². The van der Waals surface area contributed by atoms with Gasteiger partial charge in [0.1, 0.15) is 10.8 Å². The monoisotopic (exact) mass is 453 g/mol. The number of hydrogen-bond donors (Lipinski definition) is 2. The lowest BCUT2D eigenvalue weighted by atomic mass is 9.95. The smallest absolute Gasteiger partial charge is 0.280 e. The second-order valence-corrected chi connectivity index (χ2v) is 9.13. The molecule has 2 aliphatic rings. The number of carbonyl (C=O) groups excluding carboxylic acids is 3. The van der Waals surface area contributed by atoms with Gasteiger partial charge in [-0.3, -0.25) is 14.4 Å². The van der Waals surface area contributed by atoms with Gasteiger partial charge in [-0.15, -0.1) is 17.9 Å². The summed E-state index contributed by atoms with van der Waals surface area (Å²) in [6, 6.07) is 7.17. The van der Waals surface area contributed by atoms with Crippen LogP contribution in [0.1, 0.15) is 47.5 Å². The molecule has 32 heavy (non-hydrogen) atoms. The summed E-state index contributed by atoms with van der Waals surface area (Å²) in [5.41, 5.74) is 0.365. The van der Waals surface area contributed by atoms with E-state index in [2.05, 4.69) is 17.2 Å². The van der Waals surface area contributed by atoms with Gasteiger partial charge in [0.15, 0.2) is 0 Å². The van der Waals surface area contributed by atoms with Gasteiger partial charge in [-0.05, 0) is 57.2 Å². The zero-order chi connectivity index (χ0) is 22.9. The third kappa shape index (κ3) is 3.68. The summed E-state index contributed by atoms with van der Waals surface area (Å²) in [6.07, 6.45) is 5.33. The summed E-state index contributed by atoms with van der Waals surface area (Å²) in [4.78, 5) is 42.3. The van der Waals surface area contributed by atoms with Crippen LogP contribution in [0.4, 0.5) is 10.7 Å². The second kappa shape index (κ2) is 8.78. The van der Waals surface area contributed by atoms with Crippen LogP contribution in [0, 0.1) is 0 Å². The molecule has 1 atom stereocenters. The predicted molar refractivity (Wildman–Crippen MR) is 126 cm³/mol. The van der Waals surface area contributed by atoms with Crippen molar-refractivity contribution in [1.82, 2.24) is 5.32 Å². The maximum Gasteiger partial charge on any atom is 0.280 e. The Balaban J connectivity index is 1.68. The standard InChI is InChI=1S/C24H27N3O4S/c1-4-14-25-20(28)19-15-10-6-9-13-18(15)32-21(19)26-22(29)24(3)23(30)27(5-2)16-11-7-8-12-17(16)31-24/h4,7-8,11-12H,1,5-6,9-10,13-14H2,2-3H3,(H,25,28)(H,26,29). The third-order valence-corrected chi connectivity index (χ3v) is 7.11. The average molecular weight is 454 g/mol. The van der Waals surface area contributed by atoms with Crippen LogP contribution in [0.3, 0.4) is 0 Å². The molecule has 1 aromatic carbocycles. The zero-order valence-electron chi connectivity index (χ0n) is 18.3. The minimum absolute atomic E-state index is 0.249. The molecule has 2 heterocycles. The lowest BCUT2D eigenvalue weighted by Crippen LogP contribution is -2.60. The zero-order valence-corrected chi connectivity index (χ0v) is 19.1. The van der Waals surface area contributed by atoms with Crippen molar-refractivity contribution in [2.75, 3.05) is 23.3 Å². The molecule has 8 heteroatoms. The molecule has 0 saturated carbocycles. The fourth-order valence-electron chi connectivity index (χ4n) is 4.22. The van der Waals surface area contributed by atoms with Gasteiger partial charge in [0.05, 0.1) is 11.3 Å². The molecular formula is C24H27N3O4S. The SMILES string of the molecule is C=CCNC(=O)c1c(NC(=O)C2(C)Oc3ccccc3N(CC)C2=O)sc2c1CCCC2. The van der Waals surface area contributed by atoms with Gasteiger partial charge in [-0.2, -0.15) is 0 Å². The number of amides is 3. The number of benzene rings is 1. The number of carbonyl (C=O) groups is 3. The fourth-order valence-corrected chi connectivity index (χ4v) is 5.51. The van der Waals surface area contributed by atoms with Gasteiger partial charge in [0.25, 0.3) is 23.3 Å². The van der Waals surface area contributed by atoms with Crippen molar-refractivity contribution in [2.24, 2.45) is 0 Å². The number of rotatable bonds is 6. The highest BCUT2D eigenvalue weighted by atomic mass is 32.1. The van der Waals surface area contributed by atoms with Crippen molar-refractivity contribution in [2.45, 2.75) is 45.1 Å². The van der Waals surface area contributed by atoms with Gasteiger partial charge in [0, 0.05) is 18.0 Å². The molecule has 1 aliphatic heterocycles. The highest BCUT2D eigenvalue weighted by Gasteiger charge is 2.50. The van der Waals surface area contributed by atoms with Crippen LogP contribution in [-0.2, 0) is 22.4 Å². The molecule has 0 radical (unpaired) electrons. The molecule has 4 rings (SSSR count). The van der Waals surface area contributed by atoms with Crippen LogP contribution < -0.4 is 20.3 Å². The Hall–Kier alpha value is -3.13. The second-order valence-electron chi connectivity index (χ2n) is 8.02. The Morgan fingerprint density at radius 1 is 1.28 bits per heavy atom. The lowest BCUT2D eigenvalue weighted by Gasteiger charge is -2.39. The Morgan fingerprint density at radius 2 is 2.03 bits per heavy atom. The molecule has 0 saturated heterocycles. The summed E-state index contributed by atoms with van der Waals surface area (Å²) in [6.45, 7) is 7.72. The van der Waals surface area contributed by atoms with Crippen LogP contribution in [0.5, 0.6) is 5.75 Å². The number of thiophene rings is 1. The van der Waals surface area contributed by atoms with Gasteiger partial charge in [-0.25, -0.2) is 0 Å². The summed E-state index contributed by atoms with van der Waals surface area (Å²) >= 11 is 1.41. The predicted octanol–water partition coefficient (Wildman–Crippen LogP) is 3.69. The van der Waals surface area contributed by atoms with E-state index >= 15 is 0 Å². The summed E-state index contributed by atoms with van der Waals surface area (Å²) in [5, 5.41) is 6.14. The lowest BCUT2D eigenvalue weighted by molar-refractivity contribution is -0.145. The van der Waals surface area contributed by atoms with E-state index in [1.165, 1.54) is 18.3 Å². The number of ether oxygens (including phenoxy) is 1. The quantitative estimate of drug-likeness (QED) is 0.516. The molecule has 1 aromatic heterocycles. The van der Waals surface area contributed by atoms with Crippen molar-refractivity contribution in [3.05, 3.63) is 52.9 Å². The fraction of sp³-hybridized carbons (Fsp3) is 0.375. The Labute approximate surface area is 191 Å². The van der Waals surface area contributed by atoms with E-state index in [1.807, 2.05) is 13.0 Å². The van der Waals surface area contributed by atoms with E-state index in [-0.39, 0.29) is 5.91 Å². The Kier molecular flexibility index (Phi) is 6.06. The molecular weight excluding hydrogens is 426 g/mol. The molecule has 1 unspecified atom stereocenters. The van der Waals surface area contributed by atoms with Gasteiger partial charge in [-0.1, -0.05) is 18.2 Å². The van der Waals surface area contributed by atoms with E-state index in [0.717, 1.165) is 36.1 Å². The average Bonchev–Trinajstić information content (AvgIpc) is 3.16. The maximum atomic E-state index is 13.4. The van der Waals surface area contributed by atoms with Crippen molar-refractivity contribution in [3.63, 3.8) is 0 Å². The van der Waals surface area contributed by atoms with E-state index < -0.39 is 17.4 Å². The summed E-state index contributed by atoms with van der Waals surface area (Å²) in [5.74, 6) is -0.802. The molecule has 1 aliphatic carbocycles. The van der Waals surface area contributed by atoms with Crippen LogP contribution in [0.15, 0.2) is 36.9 Å². The summed E-state index contributed by atoms with van der Waals surface area (Å²) < 4.78 is 5.95.